The number of aryl methyl sites for hydroxylation is 1. The minimum absolute atomic E-state index is 0.331. The number of anilines is 2. The molecule has 3 N–H and O–H groups in total. The molecule has 1 aromatic carbocycles. The summed E-state index contributed by atoms with van der Waals surface area (Å²) in [5.74, 6) is 0.604. The van der Waals surface area contributed by atoms with E-state index in [-0.39, 0.29) is 6.09 Å². The second-order valence-corrected chi connectivity index (χ2v) is 8.56. The lowest BCUT2D eigenvalue weighted by molar-refractivity contribution is 0.0224. The van der Waals surface area contributed by atoms with Crippen molar-refractivity contribution < 1.29 is 9.53 Å². The van der Waals surface area contributed by atoms with Crippen LogP contribution in [0.5, 0.6) is 0 Å². The molecule has 0 radical (unpaired) electrons. The van der Waals surface area contributed by atoms with E-state index in [4.69, 9.17) is 28.6 Å². The van der Waals surface area contributed by atoms with Crippen LogP contribution >= 0.6 is 23.8 Å². The summed E-state index contributed by atoms with van der Waals surface area (Å²) in [7, 11) is 0. The molecule has 1 aliphatic rings. The summed E-state index contributed by atoms with van der Waals surface area (Å²) in [5.41, 5.74) is 3.22. The molecule has 7 nitrogen and oxygen atoms in total. The monoisotopic (exact) mass is 421 g/mol. The van der Waals surface area contributed by atoms with Crippen molar-refractivity contribution in [3.63, 3.8) is 0 Å². The molecule has 0 aliphatic carbocycles. The summed E-state index contributed by atoms with van der Waals surface area (Å²) in [5, 5.41) is 14.7. The number of rotatable bonds is 2. The van der Waals surface area contributed by atoms with Crippen LogP contribution in [-0.4, -0.2) is 38.4 Å². The first-order valence-electron chi connectivity index (χ1n) is 9.00. The van der Waals surface area contributed by atoms with Gasteiger partial charge in [-0.1, -0.05) is 11.6 Å². The number of fused-ring (bicyclic) bond motifs is 1. The molecule has 1 aliphatic heterocycles. The van der Waals surface area contributed by atoms with Gasteiger partial charge in [0, 0.05) is 34.9 Å². The highest BCUT2D eigenvalue weighted by Gasteiger charge is 2.28. The number of carbonyl (C=O) groups is 1. The number of nitrogens with zero attached hydrogens (tertiary/aromatic N) is 2. The zero-order valence-corrected chi connectivity index (χ0v) is 17.9. The fourth-order valence-corrected chi connectivity index (χ4v) is 3.34. The van der Waals surface area contributed by atoms with E-state index in [1.807, 2.05) is 39.8 Å². The molecule has 0 saturated heterocycles. The third kappa shape index (κ3) is 4.94. The summed E-state index contributed by atoms with van der Waals surface area (Å²) in [4.78, 5) is 14.1. The quantitative estimate of drug-likeness (QED) is 0.620. The standard InChI is InChI=1S/C19H24ClN5O2S/c1-11-9-12(20)5-6-14(11)21-17(28)22-16-13-10-25(8-7-15(13)23-24-16)18(26)27-19(2,3)4/h5-6,9H,7-8,10H2,1-4H3,(H3,21,22,23,24,28). The van der Waals surface area contributed by atoms with Crippen LogP contribution in [0.25, 0.3) is 0 Å². The second-order valence-electron chi connectivity index (χ2n) is 7.72. The van der Waals surface area contributed by atoms with Gasteiger partial charge >= 0.3 is 6.09 Å². The average Bonchev–Trinajstić information content (AvgIpc) is 2.98. The van der Waals surface area contributed by atoms with Crippen molar-refractivity contribution >= 4 is 46.5 Å². The molecule has 3 rings (SSSR count). The van der Waals surface area contributed by atoms with Gasteiger partial charge in [-0.25, -0.2) is 4.79 Å². The predicted octanol–water partition coefficient (Wildman–Crippen LogP) is 4.47. The Hall–Kier alpha value is -2.32. The Morgan fingerprint density at radius 1 is 1.36 bits per heavy atom. The zero-order valence-electron chi connectivity index (χ0n) is 16.4. The normalized spacial score (nSPS) is 13.7. The van der Waals surface area contributed by atoms with Gasteiger partial charge in [0.05, 0.1) is 6.54 Å². The summed E-state index contributed by atoms with van der Waals surface area (Å²) >= 11 is 11.4. The summed E-state index contributed by atoms with van der Waals surface area (Å²) in [6.45, 7) is 8.50. The van der Waals surface area contributed by atoms with Gasteiger partial charge in [-0.2, -0.15) is 5.10 Å². The van der Waals surface area contributed by atoms with Crippen molar-refractivity contribution in [2.75, 3.05) is 17.2 Å². The number of amides is 1. The topological polar surface area (TPSA) is 82.3 Å². The van der Waals surface area contributed by atoms with E-state index in [1.165, 1.54) is 0 Å². The molecule has 150 valence electrons. The number of benzene rings is 1. The third-order valence-electron chi connectivity index (χ3n) is 4.25. The lowest BCUT2D eigenvalue weighted by Crippen LogP contribution is -2.40. The van der Waals surface area contributed by atoms with Gasteiger partial charge in [0.25, 0.3) is 0 Å². The molecule has 0 bridgehead atoms. The van der Waals surface area contributed by atoms with Crippen LogP contribution in [0, 0.1) is 6.92 Å². The van der Waals surface area contributed by atoms with E-state index in [0.29, 0.717) is 35.5 Å². The zero-order chi connectivity index (χ0) is 20.5. The van der Waals surface area contributed by atoms with Crippen LogP contribution in [0.1, 0.15) is 37.6 Å². The number of aromatic amines is 1. The Labute approximate surface area is 174 Å². The molecular weight excluding hydrogens is 398 g/mol. The summed E-state index contributed by atoms with van der Waals surface area (Å²) in [6, 6.07) is 5.53. The van der Waals surface area contributed by atoms with Crippen molar-refractivity contribution in [3.05, 3.63) is 40.0 Å². The molecule has 0 spiro atoms. The van der Waals surface area contributed by atoms with Crippen molar-refractivity contribution in [3.8, 4) is 0 Å². The van der Waals surface area contributed by atoms with Crippen LogP contribution in [-0.2, 0) is 17.7 Å². The van der Waals surface area contributed by atoms with E-state index >= 15 is 0 Å². The maximum Gasteiger partial charge on any atom is 0.410 e. The van der Waals surface area contributed by atoms with Crippen LogP contribution in [0.15, 0.2) is 18.2 Å². The van der Waals surface area contributed by atoms with Gasteiger partial charge in [0.1, 0.15) is 5.60 Å². The minimum Gasteiger partial charge on any atom is -0.444 e. The Bertz CT molecular complexity index is 906. The minimum atomic E-state index is -0.531. The van der Waals surface area contributed by atoms with Crippen LogP contribution in [0.4, 0.5) is 16.3 Å². The number of aromatic nitrogens is 2. The SMILES string of the molecule is Cc1cc(Cl)ccc1NC(=S)Nc1n[nH]c2c1CN(C(=O)OC(C)(C)C)CC2. The largest absolute Gasteiger partial charge is 0.444 e. The van der Waals surface area contributed by atoms with Crippen LogP contribution < -0.4 is 10.6 Å². The van der Waals surface area contributed by atoms with Crippen molar-refractivity contribution in [1.82, 2.24) is 15.1 Å². The number of hydrogen-bond donors (Lipinski definition) is 3. The van der Waals surface area contributed by atoms with Crippen molar-refractivity contribution in [1.29, 1.82) is 0 Å². The molecule has 0 fully saturated rings. The Morgan fingerprint density at radius 2 is 2.11 bits per heavy atom. The molecule has 0 unspecified atom stereocenters. The van der Waals surface area contributed by atoms with E-state index in [0.717, 1.165) is 22.5 Å². The van der Waals surface area contributed by atoms with Gasteiger partial charge in [0.15, 0.2) is 10.9 Å². The molecular formula is C19H24ClN5O2S. The third-order valence-corrected chi connectivity index (χ3v) is 4.69. The molecule has 1 amide bonds. The highest BCUT2D eigenvalue weighted by atomic mass is 35.5. The predicted molar refractivity (Wildman–Crippen MR) is 115 cm³/mol. The van der Waals surface area contributed by atoms with Gasteiger partial charge in [-0.05, 0) is 63.7 Å². The Morgan fingerprint density at radius 3 is 2.79 bits per heavy atom. The molecule has 0 atom stereocenters. The molecule has 9 heteroatoms. The average molecular weight is 422 g/mol. The number of nitrogens with one attached hydrogen (secondary N) is 3. The summed E-state index contributed by atoms with van der Waals surface area (Å²) < 4.78 is 5.48. The number of carbonyl (C=O) groups excluding carboxylic acids is 1. The van der Waals surface area contributed by atoms with E-state index in [1.54, 1.807) is 11.0 Å². The molecule has 0 saturated carbocycles. The van der Waals surface area contributed by atoms with E-state index in [2.05, 4.69) is 20.8 Å². The fraction of sp³-hybridized carbons (Fsp3) is 0.421. The fourth-order valence-electron chi connectivity index (χ4n) is 2.91. The van der Waals surface area contributed by atoms with Crippen molar-refractivity contribution in [2.24, 2.45) is 0 Å². The number of ether oxygens (including phenoxy) is 1. The van der Waals surface area contributed by atoms with Crippen LogP contribution in [0.3, 0.4) is 0 Å². The van der Waals surface area contributed by atoms with Gasteiger partial charge in [-0.3, -0.25) is 5.10 Å². The Balaban J connectivity index is 1.68. The van der Waals surface area contributed by atoms with Gasteiger partial charge < -0.3 is 20.3 Å². The summed E-state index contributed by atoms with van der Waals surface area (Å²) in [6.07, 6.45) is 0.350. The smallest absolute Gasteiger partial charge is 0.410 e. The lowest BCUT2D eigenvalue weighted by Gasteiger charge is -2.30. The highest BCUT2D eigenvalue weighted by Crippen LogP contribution is 2.26. The van der Waals surface area contributed by atoms with Gasteiger partial charge in [0.2, 0.25) is 0 Å². The number of halogens is 1. The number of hydrogen-bond acceptors (Lipinski definition) is 4. The number of thiocarbonyl (C=S) groups is 1. The van der Waals surface area contributed by atoms with E-state index < -0.39 is 5.60 Å². The maximum absolute atomic E-state index is 12.4. The first kappa shape index (κ1) is 20.4. The molecule has 2 aromatic rings. The lowest BCUT2D eigenvalue weighted by atomic mass is 10.1. The maximum atomic E-state index is 12.4. The first-order chi connectivity index (χ1) is 13.1. The molecule has 28 heavy (non-hydrogen) atoms. The van der Waals surface area contributed by atoms with Crippen LogP contribution in [0.2, 0.25) is 5.02 Å². The highest BCUT2D eigenvalue weighted by molar-refractivity contribution is 7.80. The van der Waals surface area contributed by atoms with Crippen molar-refractivity contribution in [2.45, 2.75) is 46.3 Å². The van der Waals surface area contributed by atoms with E-state index in [9.17, 15) is 4.79 Å². The second kappa shape index (κ2) is 7.97. The first-order valence-corrected chi connectivity index (χ1v) is 9.79. The molecule has 2 heterocycles. The number of H-pyrrole nitrogens is 1. The molecule has 1 aromatic heterocycles. The Kier molecular flexibility index (Phi) is 5.81. The van der Waals surface area contributed by atoms with Gasteiger partial charge in [-0.15, -0.1) is 0 Å².